The van der Waals surface area contributed by atoms with Crippen LogP contribution in [-0.2, 0) is 0 Å². The normalized spacial score (nSPS) is 11.2. The zero-order valence-electron chi connectivity index (χ0n) is 9.04. The van der Waals surface area contributed by atoms with Crippen LogP contribution in [0.2, 0.25) is 0 Å². The van der Waals surface area contributed by atoms with Crippen LogP contribution in [0.4, 0.5) is 0 Å². The third kappa shape index (κ3) is 3.54. The summed E-state index contributed by atoms with van der Waals surface area (Å²) in [6.45, 7) is 4.24. The molecule has 0 radical (unpaired) electrons. The number of amides is 1. The second kappa shape index (κ2) is 5.25. The Hall–Kier alpha value is -0.460. The van der Waals surface area contributed by atoms with E-state index in [9.17, 15) is 4.79 Å². The van der Waals surface area contributed by atoms with Crippen LogP contribution < -0.4 is 11.1 Å². The molecule has 0 aromatic carbocycles. The molecule has 0 unspecified atom stereocenters. The minimum atomic E-state index is -0.363. The van der Waals surface area contributed by atoms with Crippen LogP contribution in [-0.4, -0.2) is 17.4 Å². The Morgan fingerprint density at radius 2 is 2.31 bits per heavy atom. The third-order valence-electron chi connectivity index (χ3n) is 2.19. The number of thiocarbonyl (C=S) groups is 1. The average molecular weight is 321 g/mol. The number of nitrogens with two attached hydrogens (primary N) is 1. The maximum absolute atomic E-state index is 11.7. The molecule has 16 heavy (non-hydrogen) atoms. The fourth-order valence-corrected chi connectivity index (χ4v) is 2.13. The molecule has 0 spiro atoms. The van der Waals surface area contributed by atoms with E-state index in [0.717, 1.165) is 3.79 Å². The minimum Gasteiger partial charge on any atom is -0.393 e. The lowest BCUT2D eigenvalue weighted by molar-refractivity contribution is 0.0945. The monoisotopic (exact) mass is 320 g/mol. The zero-order chi connectivity index (χ0) is 12.3. The smallest absolute Gasteiger partial charge is 0.252 e. The molecule has 1 heterocycles. The molecule has 0 saturated heterocycles. The highest BCUT2D eigenvalue weighted by atomic mass is 79.9. The number of nitrogens with one attached hydrogen (secondary N) is 1. The van der Waals surface area contributed by atoms with Gasteiger partial charge in [-0.25, -0.2) is 0 Å². The number of hydrogen-bond donors (Lipinski definition) is 2. The van der Waals surface area contributed by atoms with Gasteiger partial charge in [0, 0.05) is 17.3 Å². The van der Waals surface area contributed by atoms with Crippen LogP contribution in [0.1, 0.15) is 24.2 Å². The largest absolute Gasteiger partial charge is 0.393 e. The van der Waals surface area contributed by atoms with E-state index in [1.54, 1.807) is 11.4 Å². The molecular weight excluding hydrogens is 308 g/mol. The molecule has 0 bridgehead atoms. The lowest BCUT2D eigenvalue weighted by Gasteiger charge is -2.23. The highest BCUT2D eigenvalue weighted by Crippen LogP contribution is 2.21. The van der Waals surface area contributed by atoms with Gasteiger partial charge in [-0.05, 0) is 22.0 Å². The molecule has 0 atom stereocenters. The average Bonchev–Trinajstić information content (AvgIpc) is 2.61. The number of hydrogen-bond acceptors (Lipinski definition) is 3. The summed E-state index contributed by atoms with van der Waals surface area (Å²) in [5, 5.41) is 4.61. The van der Waals surface area contributed by atoms with Crippen molar-refractivity contribution in [2.45, 2.75) is 13.8 Å². The van der Waals surface area contributed by atoms with Gasteiger partial charge in [0.05, 0.1) is 14.3 Å². The van der Waals surface area contributed by atoms with Crippen molar-refractivity contribution in [3.8, 4) is 0 Å². The summed E-state index contributed by atoms with van der Waals surface area (Å²) in [5.41, 5.74) is 5.86. The van der Waals surface area contributed by atoms with Crippen molar-refractivity contribution in [3.63, 3.8) is 0 Å². The maximum Gasteiger partial charge on any atom is 0.252 e. The molecule has 1 rings (SSSR count). The lowest BCUT2D eigenvalue weighted by Crippen LogP contribution is -2.41. The van der Waals surface area contributed by atoms with E-state index in [1.807, 2.05) is 13.8 Å². The molecule has 3 nitrogen and oxygen atoms in total. The number of rotatable bonds is 4. The summed E-state index contributed by atoms with van der Waals surface area (Å²) >= 11 is 9.72. The zero-order valence-corrected chi connectivity index (χ0v) is 12.3. The fraction of sp³-hybridized carbons (Fsp3) is 0.400. The Morgan fingerprint density at radius 3 is 2.75 bits per heavy atom. The summed E-state index contributed by atoms with van der Waals surface area (Å²) in [6.07, 6.45) is 0. The maximum atomic E-state index is 11.7. The topological polar surface area (TPSA) is 55.1 Å². The van der Waals surface area contributed by atoms with Crippen LogP contribution in [0.5, 0.6) is 0 Å². The molecule has 0 aliphatic heterocycles. The van der Waals surface area contributed by atoms with E-state index < -0.39 is 0 Å². The van der Waals surface area contributed by atoms with Crippen molar-refractivity contribution < 1.29 is 4.79 Å². The van der Waals surface area contributed by atoms with Crippen LogP contribution in [0, 0.1) is 5.41 Å². The molecule has 0 aliphatic rings. The van der Waals surface area contributed by atoms with Crippen molar-refractivity contribution in [3.05, 3.63) is 20.8 Å². The first-order valence-corrected chi connectivity index (χ1v) is 6.73. The van der Waals surface area contributed by atoms with E-state index >= 15 is 0 Å². The predicted molar refractivity (Wildman–Crippen MR) is 74.9 cm³/mol. The van der Waals surface area contributed by atoms with Gasteiger partial charge in [0.25, 0.3) is 5.91 Å². The standard InChI is InChI=1S/C10H13BrN2OS2/c1-10(2,9(12)15)5-13-8(14)6-3-7(11)16-4-6/h3-4H,5H2,1-2H3,(H2,12,15)(H,13,14). The molecule has 0 saturated carbocycles. The van der Waals surface area contributed by atoms with Gasteiger partial charge in [-0.1, -0.05) is 26.1 Å². The summed E-state index contributed by atoms with van der Waals surface area (Å²) in [7, 11) is 0. The minimum absolute atomic E-state index is 0.105. The summed E-state index contributed by atoms with van der Waals surface area (Å²) in [5.74, 6) is -0.105. The summed E-state index contributed by atoms with van der Waals surface area (Å²) < 4.78 is 0.936. The lowest BCUT2D eigenvalue weighted by atomic mass is 9.93. The van der Waals surface area contributed by atoms with Gasteiger partial charge in [0.2, 0.25) is 0 Å². The van der Waals surface area contributed by atoms with E-state index in [-0.39, 0.29) is 11.3 Å². The van der Waals surface area contributed by atoms with Crippen molar-refractivity contribution in [1.82, 2.24) is 5.32 Å². The Balaban J connectivity index is 2.57. The van der Waals surface area contributed by atoms with Crippen LogP contribution >= 0.6 is 39.5 Å². The summed E-state index contributed by atoms with van der Waals surface area (Å²) in [4.78, 5) is 12.1. The van der Waals surface area contributed by atoms with Crippen LogP contribution in [0.15, 0.2) is 15.2 Å². The number of thiophene rings is 1. The molecule has 1 amide bonds. The van der Waals surface area contributed by atoms with Gasteiger partial charge in [-0.15, -0.1) is 11.3 Å². The predicted octanol–water partition coefficient (Wildman–Crippen LogP) is 2.55. The second-order valence-corrected chi connectivity index (χ2v) is 6.80. The molecule has 1 aromatic rings. The van der Waals surface area contributed by atoms with E-state index in [1.165, 1.54) is 11.3 Å². The van der Waals surface area contributed by atoms with Crippen molar-refractivity contribution in [1.29, 1.82) is 0 Å². The molecule has 0 fully saturated rings. The number of carbonyl (C=O) groups excluding carboxylic acids is 1. The molecule has 3 N–H and O–H groups in total. The number of halogens is 1. The van der Waals surface area contributed by atoms with Crippen molar-refractivity contribution in [2.24, 2.45) is 11.1 Å². The first kappa shape index (κ1) is 13.6. The highest BCUT2D eigenvalue weighted by Gasteiger charge is 2.22. The van der Waals surface area contributed by atoms with Gasteiger partial charge in [0.1, 0.15) is 0 Å². The Morgan fingerprint density at radius 1 is 1.69 bits per heavy atom. The van der Waals surface area contributed by atoms with Gasteiger partial charge < -0.3 is 11.1 Å². The van der Waals surface area contributed by atoms with E-state index in [4.69, 9.17) is 18.0 Å². The van der Waals surface area contributed by atoms with Gasteiger partial charge in [-0.2, -0.15) is 0 Å². The molecule has 88 valence electrons. The molecule has 1 aromatic heterocycles. The van der Waals surface area contributed by atoms with Crippen LogP contribution in [0.25, 0.3) is 0 Å². The first-order valence-electron chi connectivity index (χ1n) is 4.65. The molecular formula is C10H13BrN2OS2. The van der Waals surface area contributed by atoms with Gasteiger partial charge in [-0.3, -0.25) is 4.79 Å². The SMILES string of the molecule is CC(C)(CNC(=O)c1csc(Br)c1)C(N)=S. The van der Waals surface area contributed by atoms with E-state index in [0.29, 0.717) is 17.1 Å². The quantitative estimate of drug-likeness (QED) is 0.838. The van der Waals surface area contributed by atoms with Gasteiger partial charge >= 0.3 is 0 Å². The van der Waals surface area contributed by atoms with Gasteiger partial charge in [0.15, 0.2) is 0 Å². The Kier molecular flexibility index (Phi) is 4.46. The molecule has 6 heteroatoms. The third-order valence-corrected chi connectivity index (χ3v) is 4.24. The Bertz CT molecular complexity index is 415. The summed E-state index contributed by atoms with van der Waals surface area (Å²) in [6, 6.07) is 1.79. The van der Waals surface area contributed by atoms with Crippen molar-refractivity contribution >= 4 is 50.4 Å². The highest BCUT2D eigenvalue weighted by molar-refractivity contribution is 9.11. The second-order valence-electron chi connectivity index (χ2n) is 4.07. The van der Waals surface area contributed by atoms with Crippen molar-refractivity contribution in [2.75, 3.05) is 6.54 Å². The Labute approximate surface area is 113 Å². The fourth-order valence-electron chi connectivity index (χ4n) is 0.920. The first-order chi connectivity index (χ1) is 7.33. The number of carbonyl (C=O) groups is 1. The molecule has 0 aliphatic carbocycles. The van der Waals surface area contributed by atoms with Crippen LogP contribution in [0.3, 0.4) is 0 Å². The van der Waals surface area contributed by atoms with E-state index in [2.05, 4.69) is 21.2 Å².